The average molecular weight is 419 g/mol. The van der Waals surface area contributed by atoms with Crippen molar-refractivity contribution in [2.45, 2.75) is 31.3 Å². The second kappa shape index (κ2) is 10.1. The molecule has 1 amide bonds. The highest BCUT2D eigenvalue weighted by Crippen LogP contribution is 2.27. The summed E-state index contributed by atoms with van der Waals surface area (Å²) in [6.07, 6.45) is 3.06. The van der Waals surface area contributed by atoms with E-state index in [0.29, 0.717) is 17.1 Å². The Morgan fingerprint density at radius 1 is 1.07 bits per heavy atom. The summed E-state index contributed by atoms with van der Waals surface area (Å²) >= 11 is 0. The van der Waals surface area contributed by atoms with Crippen molar-refractivity contribution in [1.29, 1.82) is 0 Å². The number of sulfonamides is 1. The van der Waals surface area contributed by atoms with Gasteiger partial charge in [-0.3, -0.25) is 4.79 Å². The first-order valence-corrected chi connectivity index (χ1v) is 10.5. The van der Waals surface area contributed by atoms with Crippen LogP contribution in [0.25, 0.3) is 6.08 Å². The summed E-state index contributed by atoms with van der Waals surface area (Å²) in [5, 5.41) is 2.74. The molecule has 0 heterocycles. The Balaban J connectivity index is 2.01. The standard InChI is InChI=1S/C21H26N2O5S/c1-15(2)23-29(25,26)18-7-5-6-17(12-18)14-22-21(24)11-9-16-8-10-19(27-3)20(13-16)28-4/h5-13,15,23H,14H2,1-4H3,(H,22,24)/b11-9+. The molecule has 7 nitrogen and oxygen atoms in total. The summed E-state index contributed by atoms with van der Waals surface area (Å²) in [6.45, 7) is 3.72. The molecule has 0 aliphatic rings. The molecule has 29 heavy (non-hydrogen) atoms. The molecule has 2 aromatic carbocycles. The van der Waals surface area contributed by atoms with Crippen molar-refractivity contribution >= 4 is 22.0 Å². The summed E-state index contributed by atoms with van der Waals surface area (Å²) in [6, 6.07) is 11.6. The lowest BCUT2D eigenvalue weighted by Gasteiger charge is -2.11. The molecule has 0 fully saturated rings. The van der Waals surface area contributed by atoms with Crippen molar-refractivity contribution in [3.05, 3.63) is 59.7 Å². The van der Waals surface area contributed by atoms with Gasteiger partial charge in [-0.2, -0.15) is 0 Å². The number of benzene rings is 2. The smallest absolute Gasteiger partial charge is 0.244 e. The van der Waals surface area contributed by atoms with Crippen molar-refractivity contribution in [1.82, 2.24) is 10.0 Å². The van der Waals surface area contributed by atoms with Gasteiger partial charge in [0.2, 0.25) is 15.9 Å². The normalized spacial score (nSPS) is 11.6. The molecule has 0 saturated heterocycles. The number of ether oxygens (including phenoxy) is 2. The number of hydrogen-bond acceptors (Lipinski definition) is 5. The van der Waals surface area contributed by atoms with Crippen molar-refractivity contribution in [2.24, 2.45) is 0 Å². The molecule has 8 heteroatoms. The fraction of sp³-hybridized carbons (Fsp3) is 0.286. The molecule has 0 saturated carbocycles. The van der Waals surface area contributed by atoms with E-state index in [1.165, 1.54) is 12.1 Å². The van der Waals surface area contributed by atoms with E-state index in [2.05, 4.69) is 10.0 Å². The van der Waals surface area contributed by atoms with Crippen LogP contribution in [0.1, 0.15) is 25.0 Å². The molecule has 2 aromatic rings. The largest absolute Gasteiger partial charge is 0.493 e. The lowest BCUT2D eigenvalue weighted by molar-refractivity contribution is -0.116. The molecule has 2 N–H and O–H groups in total. The monoisotopic (exact) mass is 418 g/mol. The predicted molar refractivity (Wildman–Crippen MR) is 112 cm³/mol. The summed E-state index contributed by atoms with van der Waals surface area (Å²) in [5.74, 6) is 0.882. The first-order valence-electron chi connectivity index (χ1n) is 9.04. The maximum atomic E-state index is 12.3. The third-order valence-corrected chi connectivity index (χ3v) is 5.56. The van der Waals surface area contributed by atoms with E-state index >= 15 is 0 Å². The quantitative estimate of drug-likeness (QED) is 0.611. The maximum absolute atomic E-state index is 12.3. The van der Waals surface area contributed by atoms with Crippen molar-refractivity contribution in [2.75, 3.05) is 14.2 Å². The minimum Gasteiger partial charge on any atom is -0.493 e. The predicted octanol–water partition coefficient (Wildman–Crippen LogP) is 2.72. The fourth-order valence-electron chi connectivity index (χ4n) is 2.58. The molecule has 0 aliphatic carbocycles. The van der Waals surface area contributed by atoms with Gasteiger partial charge in [0.25, 0.3) is 0 Å². The van der Waals surface area contributed by atoms with Gasteiger partial charge in [0, 0.05) is 18.7 Å². The number of carbonyl (C=O) groups excluding carboxylic acids is 1. The van der Waals surface area contributed by atoms with Crippen LogP contribution >= 0.6 is 0 Å². The molecular weight excluding hydrogens is 392 g/mol. The van der Waals surface area contributed by atoms with Crippen LogP contribution in [0.5, 0.6) is 11.5 Å². The number of amides is 1. The van der Waals surface area contributed by atoms with Gasteiger partial charge in [-0.05, 0) is 55.3 Å². The zero-order valence-corrected chi connectivity index (χ0v) is 17.7. The van der Waals surface area contributed by atoms with E-state index in [1.54, 1.807) is 70.5 Å². The lowest BCUT2D eigenvalue weighted by Crippen LogP contribution is -2.30. The van der Waals surface area contributed by atoms with Gasteiger partial charge in [0.1, 0.15) is 0 Å². The highest BCUT2D eigenvalue weighted by Gasteiger charge is 2.15. The topological polar surface area (TPSA) is 93.7 Å². The van der Waals surface area contributed by atoms with Crippen LogP contribution < -0.4 is 19.5 Å². The fourth-order valence-corrected chi connectivity index (χ4v) is 3.90. The number of methoxy groups -OCH3 is 2. The van der Waals surface area contributed by atoms with Crippen LogP contribution in [-0.4, -0.2) is 34.6 Å². The second-order valence-corrected chi connectivity index (χ2v) is 8.30. The van der Waals surface area contributed by atoms with Gasteiger partial charge in [-0.15, -0.1) is 0 Å². The molecule has 0 radical (unpaired) electrons. The second-order valence-electron chi connectivity index (χ2n) is 6.59. The van der Waals surface area contributed by atoms with Gasteiger partial charge in [-0.1, -0.05) is 18.2 Å². The average Bonchev–Trinajstić information content (AvgIpc) is 2.69. The molecule has 156 valence electrons. The summed E-state index contributed by atoms with van der Waals surface area (Å²) < 4.78 is 37.5. The number of hydrogen-bond donors (Lipinski definition) is 2. The Bertz CT molecular complexity index is 984. The van der Waals surface area contributed by atoms with Crippen LogP contribution in [0.15, 0.2) is 53.4 Å². The zero-order chi connectivity index (χ0) is 21.4. The summed E-state index contributed by atoms with van der Waals surface area (Å²) in [7, 11) is -0.478. The molecule has 0 unspecified atom stereocenters. The molecule has 0 atom stereocenters. The summed E-state index contributed by atoms with van der Waals surface area (Å²) in [5.41, 5.74) is 1.47. The van der Waals surface area contributed by atoms with Crippen LogP contribution in [0.2, 0.25) is 0 Å². The first-order chi connectivity index (χ1) is 13.7. The third kappa shape index (κ3) is 6.62. The van der Waals surface area contributed by atoms with Gasteiger partial charge in [0.15, 0.2) is 11.5 Å². The maximum Gasteiger partial charge on any atom is 0.244 e. The Morgan fingerprint density at radius 2 is 1.79 bits per heavy atom. The van der Waals surface area contributed by atoms with Crippen LogP contribution in [0.3, 0.4) is 0 Å². The highest BCUT2D eigenvalue weighted by atomic mass is 32.2. The number of carbonyl (C=O) groups is 1. The van der Waals surface area contributed by atoms with Gasteiger partial charge in [-0.25, -0.2) is 13.1 Å². The third-order valence-electron chi connectivity index (χ3n) is 3.90. The van der Waals surface area contributed by atoms with Crippen molar-refractivity contribution in [3.8, 4) is 11.5 Å². The molecular formula is C21H26N2O5S. The van der Waals surface area contributed by atoms with E-state index in [-0.39, 0.29) is 23.4 Å². The van der Waals surface area contributed by atoms with Gasteiger partial charge < -0.3 is 14.8 Å². The minimum atomic E-state index is -3.58. The Morgan fingerprint density at radius 3 is 2.45 bits per heavy atom. The Kier molecular flexibility index (Phi) is 7.81. The Hall–Kier alpha value is -2.84. The molecule has 0 aliphatic heterocycles. The van der Waals surface area contributed by atoms with Crippen molar-refractivity contribution in [3.63, 3.8) is 0 Å². The van der Waals surface area contributed by atoms with E-state index in [0.717, 1.165) is 5.56 Å². The SMILES string of the molecule is COc1ccc(/C=C/C(=O)NCc2cccc(S(=O)(=O)NC(C)C)c2)cc1OC. The number of nitrogens with one attached hydrogen (secondary N) is 2. The van der Waals surface area contributed by atoms with E-state index in [4.69, 9.17) is 9.47 Å². The van der Waals surface area contributed by atoms with Crippen LogP contribution in [0, 0.1) is 0 Å². The van der Waals surface area contributed by atoms with Crippen molar-refractivity contribution < 1.29 is 22.7 Å². The number of rotatable bonds is 9. The molecule has 0 spiro atoms. The highest BCUT2D eigenvalue weighted by molar-refractivity contribution is 7.89. The van der Waals surface area contributed by atoms with Crippen LogP contribution in [0.4, 0.5) is 0 Å². The van der Waals surface area contributed by atoms with E-state index in [1.807, 2.05) is 0 Å². The molecule has 2 rings (SSSR count). The Labute approximate surface area is 171 Å². The minimum absolute atomic E-state index is 0.166. The lowest BCUT2D eigenvalue weighted by atomic mass is 10.2. The molecule has 0 aromatic heterocycles. The van der Waals surface area contributed by atoms with Gasteiger partial charge in [0.05, 0.1) is 19.1 Å². The van der Waals surface area contributed by atoms with E-state index < -0.39 is 10.0 Å². The first kappa shape index (κ1) is 22.4. The zero-order valence-electron chi connectivity index (χ0n) is 16.9. The van der Waals surface area contributed by atoms with E-state index in [9.17, 15) is 13.2 Å². The summed E-state index contributed by atoms with van der Waals surface area (Å²) in [4.78, 5) is 12.3. The molecule has 0 bridgehead atoms. The van der Waals surface area contributed by atoms with Crippen LogP contribution in [-0.2, 0) is 21.4 Å². The van der Waals surface area contributed by atoms with Gasteiger partial charge >= 0.3 is 0 Å².